The van der Waals surface area contributed by atoms with Crippen molar-refractivity contribution in [2.75, 3.05) is 11.9 Å². The maximum absolute atomic E-state index is 11.4. The highest BCUT2D eigenvalue weighted by atomic mass is 16.5. The average Bonchev–Trinajstić information content (AvgIpc) is 2.38. The highest BCUT2D eigenvalue weighted by Gasteiger charge is 2.09. The summed E-state index contributed by atoms with van der Waals surface area (Å²) in [4.78, 5) is 11.4. The van der Waals surface area contributed by atoms with Gasteiger partial charge in [-0.05, 0) is 44.4 Å². The van der Waals surface area contributed by atoms with Crippen molar-refractivity contribution in [3.8, 4) is 0 Å². The SMILES string of the molecule is CCCCc1ccc(NC(C)CC(=O)OCC)cc1. The molecule has 0 spiro atoms. The van der Waals surface area contributed by atoms with Gasteiger partial charge in [-0.2, -0.15) is 0 Å². The quantitative estimate of drug-likeness (QED) is 0.725. The number of ether oxygens (including phenoxy) is 1. The summed E-state index contributed by atoms with van der Waals surface area (Å²) in [7, 11) is 0. The Balaban J connectivity index is 2.41. The van der Waals surface area contributed by atoms with Crippen molar-refractivity contribution in [3.05, 3.63) is 29.8 Å². The highest BCUT2D eigenvalue weighted by molar-refractivity contribution is 5.70. The zero-order valence-electron chi connectivity index (χ0n) is 12.2. The van der Waals surface area contributed by atoms with Crippen molar-refractivity contribution in [1.82, 2.24) is 0 Å². The van der Waals surface area contributed by atoms with Crippen molar-refractivity contribution in [3.63, 3.8) is 0 Å². The topological polar surface area (TPSA) is 38.3 Å². The molecule has 0 aliphatic heterocycles. The zero-order valence-corrected chi connectivity index (χ0v) is 12.2. The molecule has 3 heteroatoms. The Morgan fingerprint density at radius 3 is 2.53 bits per heavy atom. The minimum Gasteiger partial charge on any atom is -0.466 e. The summed E-state index contributed by atoms with van der Waals surface area (Å²) in [5, 5.41) is 3.31. The number of anilines is 1. The highest BCUT2D eigenvalue weighted by Crippen LogP contribution is 2.13. The van der Waals surface area contributed by atoms with Gasteiger partial charge in [0.25, 0.3) is 0 Å². The van der Waals surface area contributed by atoms with Crippen LogP contribution in [0.5, 0.6) is 0 Å². The first-order valence-electron chi connectivity index (χ1n) is 7.16. The van der Waals surface area contributed by atoms with Crippen LogP contribution >= 0.6 is 0 Å². The fourth-order valence-electron chi connectivity index (χ4n) is 1.95. The van der Waals surface area contributed by atoms with Crippen LogP contribution in [0.25, 0.3) is 0 Å². The number of hydrogen-bond donors (Lipinski definition) is 1. The Morgan fingerprint density at radius 1 is 1.26 bits per heavy atom. The second-order valence-electron chi connectivity index (χ2n) is 4.86. The lowest BCUT2D eigenvalue weighted by molar-refractivity contribution is -0.143. The number of nitrogens with one attached hydrogen (secondary N) is 1. The Hall–Kier alpha value is -1.51. The number of esters is 1. The predicted octanol–water partition coefficient (Wildman–Crippen LogP) is 3.78. The molecule has 0 aromatic heterocycles. The van der Waals surface area contributed by atoms with E-state index in [-0.39, 0.29) is 12.0 Å². The third-order valence-electron chi connectivity index (χ3n) is 2.96. The molecule has 0 amide bonds. The molecule has 19 heavy (non-hydrogen) atoms. The Kier molecular flexibility index (Phi) is 7.01. The standard InChI is InChI=1S/C16H25NO2/c1-4-6-7-14-8-10-15(11-9-14)17-13(3)12-16(18)19-5-2/h8-11,13,17H,4-7,12H2,1-3H3. The molecule has 106 valence electrons. The van der Waals surface area contributed by atoms with E-state index in [1.165, 1.54) is 18.4 Å². The van der Waals surface area contributed by atoms with Crippen LogP contribution in [0.2, 0.25) is 0 Å². The van der Waals surface area contributed by atoms with Gasteiger partial charge in [0.2, 0.25) is 0 Å². The minimum atomic E-state index is -0.151. The molecule has 0 radical (unpaired) electrons. The summed E-state index contributed by atoms with van der Waals surface area (Å²) >= 11 is 0. The first-order chi connectivity index (χ1) is 9.15. The van der Waals surface area contributed by atoms with Gasteiger partial charge in [0.15, 0.2) is 0 Å². The summed E-state index contributed by atoms with van der Waals surface area (Å²) in [6.45, 7) is 6.46. The molecule has 3 nitrogen and oxygen atoms in total. The van der Waals surface area contributed by atoms with Crippen molar-refractivity contribution in [2.45, 2.75) is 52.5 Å². The van der Waals surface area contributed by atoms with E-state index in [4.69, 9.17) is 4.74 Å². The van der Waals surface area contributed by atoms with E-state index >= 15 is 0 Å². The average molecular weight is 263 g/mol. The Morgan fingerprint density at radius 2 is 1.95 bits per heavy atom. The molecule has 0 saturated heterocycles. The molecule has 0 bridgehead atoms. The van der Waals surface area contributed by atoms with Gasteiger partial charge in [-0.3, -0.25) is 4.79 Å². The monoisotopic (exact) mass is 263 g/mol. The summed E-state index contributed by atoms with van der Waals surface area (Å²) in [5.41, 5.74) is 2.42. The molecule has 1 rings (SSSR count). The third kappa shape index (κ3) is 6.27. The Bertz CT molecular complexity index is 373. The molecular weight excluding hydrogens is 238 g/mol. The van der Waals surface area contributed by atoms with Crippen molar-refractivity contribution < 1.29 is 9.53 Å². The van der Waals surface area contributed by atoms with E-state index in [9.17, 15) is 4.79 Å². The van der Waals surface area contributed by atoms with Crippen LogP contribution in [0.4, 0.5) is 5.69 Å². The van der Waals surface area contributed by atoms with Crippen LogP contribution in [0.3, 0.4) is 0 Å². The lowest BCUT2D eigenvalue weighted by atomic mass is 10.1. The van der Waals surface area contributed by atoms with E-state index in [1.807, 2.05) is 13.8 Å². The minimum absolute atomic E-state index is 0.0838. The third-order valence-corrected chi connectivity index (χ3v) is 2.96. The van der Waals surface area contributed by atoms with E-state index in [1.54, 1.807) is 0 Å². The largest absolute Gasteiger partial charge is 0.466 e. The molecular formula is C16H25NO2. The fraction of sp³-hybridized carbons (Fsp3) is 0.562. The number of carbonyl (C=O) groups excluding carboxylic acids is 1. The lowest BCUT2D eigenvalue weighted by Gasteiger charge is -2.14. The molecule has 1 N–H and O–H groups in total. The molecule has 0 saturated carbocycles. The molecule has 1 aromatic rings. The van der Waals surface area contributed by atoms with Crippen LogP contribution in [0.1, 0.15) is 45.6 Å². The van der Waals surface area contributed by atoms with Gasteiger partial charge in [0.05, 0.1) is 13.0 Å². The summed E-state index contributed by atoms with van der Waals surface area (Å²) in [6, 6.07) is 8.53. The molecule has 1 aromatic carbocycles. The second-order valence-corrected chi connectivity index (χ2v) is 4.86. The van der Waals surface area contributed by atoms with Crippen molar-refractivity contribution in [2.24, 2.45) is 0 Å². The van der Waals surface area contributed by atoms with Crippen LogP contribution in [0, 0.1) is 0 Å². The number of hydrogen-bond acceptors (Lipinski definition) is 3. The molecule has 1 atom stereocenters. The lowest BCUT2D eigenvalue weighted by Crippen LogP contribution is -2.20. The zero-order chi connectivity index (χ0) is 14.1. The smallest absolute Gasteiger partial charge is 0.307 e. The maximum Gasteiger partial charge on any atom is 0.307 e. The molecule has 1 unspecified atom stereocenters. The van der Waals surface area contributed by atoms with Gasteiger partial charge in [0, 0.05) is 11.7 Å². The number of carbonyl (C=O) groups is 1. The first-order valence-corrected chi connectivity index (χ1v) is 7.16. The molecule has 0 fully saturated rings. The normalized spacial score (nSPS) is 11.9. The van der Waals surface area contributed by atoms with E-state index in [0.29, 0.717) is 13.0 Å². The van der Waals surface area contributed by atoms with E-state index < -0.39 is 0 Å². The van der Waals surface area contributed by atoms with Gasteiger partial charge in [-0.1, -0.05) is 25.5 Å². The first kappa shape index (κ1) is 15.5. The van der Waals surface area contributed by atoms with Gasteiger partial charge < -0.3 is 10.1 Å². The van der Waals surface area contributed by atoms with Crippen LogP contribution in [-0.4, -0.2) is 18.6 Å². The molecule has 0 heterocycles. The van der Waals surface area contributed by atoms with Crippen LogP contribution in [0.15, 0.2) is 24.3 Å². The van der Waals surface area contributed by atoms with Gasteiger partial charge in [-0.25, -0.2) is 0 Å². The second kappa shape index (κ2) is 8.57. The number of unbranched alkanes of at least 4 members (excludes halogenated alkanes) is 1. The fourth-order valence-corrected chi connectivity index (χ4v) is 1.95. The van der Waals surface area contributed by atoms with E-state index in [2.05, 4.69) is 36.5 Å². The van der Waals surface area contributed by atoms with E-state index in [0.717, 1.165) is 12.1 Å². The predicted molar refractivity (Wildman–Crippen MR) is 79.4 cm³/mol. The summed E-state index contributed by atoms with van der Waals surface area (Å²) < 4.78 is 4.93. The molecule has 0 aliphatic carbocycles. The van der Waals surface area contributed by atoms with Gasteiger partial charge in [-0.15, -0.1) is 0 Å². The van der Waals surface area contributed by atoms with Crippen molar-refractivity contribution >= 4 is 11.7 Å². The molecule has 0 aliphatic rings. The summed E-state index contributed by atoms with van der Waals surface area (Å²) in [6.07, 6.45) is 3.98. The number of aryl methyl sites for hydroxylation is 1. The van der Waals surface area contributed by atoms with Crippen molar-refractivity contribution in [1.29, 1.82) is 0 Å². The van der Waals surface area contributed by atoms with Crippen LogP contribution in [-0.2, 0) is 16.0 Å². The number of benzene rings is 1. The van der Waals surface area contributed by atoms with Gasteiger partial charge >= 0.3 is 5.97 Å². The maximum atomic E-state index is 11.4. The Labute approximate surface area is 116 Å². The van der Waals surface area contributed by atoms with Crippen LogP contribution < -0.4 is 5.32 Å². The van der Waals surface area contributed by atoms with Gasteiger partial charge in [0.1, 0.15) is 0 Å². The number of rotatable bonds is 8. The summed E-state index contributed by atoms with van der Waals surface area (Å²) in [5.74, 6) is -0.151.